The summed E-state index contributed by atoms with van der Waals surface area (Å²) in [5.74, 6) is 0. The average molecular weight is 211 g/mol. The predicted octanol–water partition coefficient (Wildman–Crippen LogP) is 0.894. The molecule has 2 unspecified atom stereocenters. The number of nitrogens with two attached hydrogens (primary N) is 1. The maximum atomic E-state index is 6.01. The van der Waals surface area contributed by atoms with Crippen molar-refractivity contribution < 1.29 is 0 Å². The maximum absolute atomic E-state index is 6.01. The molecule has 0 aromatic heterocycles. The van der Waals surface area contributed by atoms with Crippen molar-refractivity contribution in [1.82, 2.24) is 9.80 Å². The second-order valence-electron chi connectivity index (χ2n) is 5.09. The zero-order chi connectivity index (χ0) is 10.7. The van der Waals surface area contributed by atoms with Crippen LogP contribution in [0.3, 0.4) is 0 Å². The molecule has 2 aliphatic rings. The molecule has 2 N–H and O–H groups in total. The van der Waals surface area contributed by atoms with Gasteiger partial charge in [0, 0.05) is 25.2 Å². The lowest BCUT2D eigenvalue weighted by atomic mass is 10.1. The Labute approximate surface area is 93.6 Å². The van der Waals surface area contributed by atoms with Crippen LogP contribution in [0, 0.1) is 0 Å². The molecule has 3 heteroatoms. The summed E-state index contributed by atoms with van der Waals surface area (Å²) in [4.78, 5) is 5.20. The van der Waals surface area contributed by atoms with Crippen LogP contribution in [-0.4, -0.2) is 54.6 Å². The van der Waals surface area contributed by atoms with E-state index in [1.165, 1.54) is 51.9 Å². The van der Waals surface area contributed by atoms with Gasteiger partial charge < -0.3 is 10.6 Å². The number of rotatable bonds is 3. The van der Waals surface area contributed by atoms with E-state index in [9.17, 15) is 0 Å². The molecule has 2 aliphatic heterocycles. The molecule has 0 aliphatic carbocycles. The molecule has 0 amide bonds. The SMILES string of the molecule is CCN1CCCC1CN1CCCC(N)C1. The molecule has 0 saturated carbocycles. The first kappa shape index (κ1) is 11.4. The van der Waals surface area contributed by atoms with Crippen molar-refractivity contribution in [3.05, 3.63) is 0 Å². The minimum atomic E-state index is 0.426. The van der Waals surface area contributed by atoms with E-state index in [0.29, 0.717) is 6.04 Å². The van der Waals surface area contributed by atoms with Crippen molar-refractivity contribution >= 4 is 0 Å². The quantitative estimate of drug-likeness (QED) is 0.752. The first-order valence-electron chi connectivity index (χ1n) is 6.51. The Morgan fingerprint density at radius 2 is 2.00 bits per heavy atom. The summed E-state index contributed by atoms with van der Waals surface area (Å²) in [5.41, 5.74) is 6.01. The highest BCUT2D eigenvalue weighted by Crippen LogP contribution is 2.19. The van der Waals surface area contributed by atoms with Gasteiger partial charge in [-0.25, -0.2) is 0 Å². The van der Waals surface area contributed by atoms with Gasteiger partial charge in [0.2, 0.25) is 0 Å². The Bertz CT molecular complexity index is 195. The molecule has 2 saturated heterocycles. The number of likely N-dealkylation sites (tertiary alicyclic amines) is 2. The molecule has 2 atom stereocenters. The third kappa shape index (κ3) is 2.92. The molecule has 0 spiro atoms. The highest BCUT2D eigenvalue weighted by Gasteiger charge is 2.26. The van der Waals surface area contributed by atoms with E-state index in [1.807, 2.05) is 0 Å². The van der Waals surface area contributed by atoms with Crippen molar-refractivity contribution in [3.63, 3.8) is 0 Å². The molecule has 2 heterocycles. The van der Waals surface area contributed by atoms with Crippen LogP contribution in [0.25, 0.3) is 0 Å². The minimum Gasteiger partial charge on any atom is -0.327 e. The molecule has 0 radical (unpaired) electrons. The first-order valence-corrected chi connectivity index (χ1v) is 6.51. The number of nitrogens with zero attached hydrogens (tertiary/aromatic N) is 2. The molecule has 0 bridgehead atoms. The molecular weight excluding hydrogens is 186 g/mol. The summed E-state index contributed by atoms with van der Waals surface area (Å²) in [5, 5.41) is 0. The zero-order valence-corrected chi connectivity index (χ0v) is 9.99. The van der Waals surface area contributed by atoms with Gasteiger partial charge in [-0.3, -0.25) is 4.90 Å². The number of hydrogen-bond acceptors (Lipinski definition) is 3. The van der Waals surface area contributed by atoms with E-state index in [2.05, 4.69) is 16.7 Å². The summed E-state index contributed by atoms with van der Waals surface area (Å²) in [6, 6.07) is 1.23. The lowest BCUT2D eigenvalue weighted by Gasteiger charge is -2.34. The van der Waals surface area contributed by atoms with Crippen molar-refractivity contribution in [2.45, 2.75) is 44.7 Å². The first-order chi connectivity index (χ1) is 7.29. The summed E-state index contributed by atoms with van der Waals surface area (Å²) in [7, 11) is 0. The summed E-state index contributed by atoms with van der Waals surface area (Å²) < 4.78 is 0. The number of hydrogen-bond donors (Lipinski definition) is 1. The van der Waals surface area contributed by atoms with E-state index in [-0.39, 0.29) is 0 Å². The van der Waals surface area contributed by atoms with Crippen molar-refractivity contribution in [2.24, 2.45) is 5.73 Å². The topological polar surface area (TPSA) is 32.5 Å². The minimum absolute atomic E-state index is 0.426. The van der Waals surface area contributed by atoms with Crippen LogP contribution in [0.4, 0.5) is 0 Å². The molecule has 3 nitrogen and oxygen atoms in total. The van der Waals surface area contributed by atoms with Crippen LogP contribution in [0.5, 0.6) is 0 Å². The molecule has 15 heavy (non-hydrogen) atoms. The smallest absolute Gasteiger partial charge is 0.0223 e. The van der Waals surface area contributed by atoms with E-state index in [1.54, 1.807) is 0 Å². The third-order valence-electron chi connectivity index (χ3n) is 3.92. The summed E-state index contributed by atoms with van der Waals surface area (Å²) in [6.45, 7) is 8.43. The van der Waals surface area contributed by atoms with Crippen LogP contribution in [0.2, 0.25) is 0 Å². The van der Waals surface area contributed by atoms with Gasteiger partial charge in [-0.15, -0.1) is 0 Å². The molecule has 2 rings (SSSR count). The summed E-state index contributed by atoms with van der Waals surface area (Å²) >= 11 is 0. The van der Waals surface area contributed by atoms with Crippen LogP contribution in [-0.2, 0) is 0 Å². The number of likely N-dealkylation sites (N-methyl/N-ethyl adjacent to an activating group) is 1. The van der Waals surface area contributed by atoms with Gasteiger partial charge >= 0.3 is 0 Å². The Morgan fingerprint density at radius 1 is 1.20 bits per heavy atom. The van der Waals surface area contributed by atoms with Gasteiger partial charge in [-0.1, -0.05) is 6.92 Å². The van der Waals surface area contributed by atoms with Gasteiger partial charge in [0.25, 0.3) is 0 Å². The van der Waals surface area contributed by atoms with Gasteiger partial charge in [-0.05, 0) is 45.3 Å². The lowest BCUT2D eigenvalue weighted by molar-refractivity contribution is 0.148. The average Bonchev–Trinajstić information content (AvgIpc) is 2.65. The van der Waals surface area contributed by atoms with Crippen molar-refractivity contribution in [3.8, 4) is 0 Å². The van der Waals surface area contributed by atoms with Crippen LogP contribution < -0.4 is 5.73 Å². The lowest BCUT2D eigenvalue weighted by Crippen LogP contribution is -2.48. The van der Waals surface area contributed by atoms with E-state index in [0.717, 1.165) is 12.6 Å². The highest BCUT2D eigenvalue weighted by molar-refractivity contribution is 4.84. The van der Waals surface area contributed by atoms with Crippen molar-refractivity contribution in [1.29, 1.82) is 0 Å². The van der Waals surface area contributed by atoms with Gasteiger partial charge in [0.15, 0.2) is 0 Å². The van der Waals surface area contributed by atoms with Crippen LogP contribution in [0.1, 0.15) is 32.6 Å². The second-order valence-corrected chi connectivity index (χ2v) is 5.09. The van der Waals surface area contributed by atoms with Crippen LogP contribution in [0.15, 0.2) is 0 Å². The zero-order valence-electron chi connectivity index (χ0n) is 9.99. The third-order valence-corrected chi connectivity index (χ3v) is 3.92. The Balaban J connectivity index is 1.80. The normalized spacial score (nSPS) is 34.8. The Morgan fingerprint density at radius 3 is 2.73 bits per heavy atom. The summed E-state index contributed by atoms with van der Waals surface area (Å²) in [6.07, 6.45) is 5.29. The fraction of sp³-hybridized carbons (Fsp3) is 1.00. The number of piperidine rings is 1. The highest BCUT2D eigenvalue weighted by atomic mass is 15.2. The van der Waals surface area contributed by atoms with E-state index < -0.39 is 0 Å². The van der Waals surface area contributed by atoms with Gasteiger partial charge in [0.05, 0.1) is 0 Å². The molecule has 0 aromatic carbocycles. The molecule has 2 fully saturated rings. The molecule has 88 valence electrons. The predicted molar refractivity (Wildman–Crippen MR) is 63.9 cm³/mol. The fourth-order valence-electron chi connectivity index (χ4n) is 3.07. The molecule has 0 aromatic rings. The van der Waals surface area contributed by atoms with Gasteiger partial charge in [-0.2, -0.15) is 0 Å². The maximum Gasteiger partial charge on any atom is 0.0223 e. The Hall–Kier alpha value is -0.120. The van der Waals surface area contributed by atoms with E-state index >= 15 is 0 Å². The monoisotopic (exact) mass is 211 g/mol. The largest absolute Gasteiger partial charge is 0.327 e. The van der Waals surface area contributed by atoms with Gasteiger partial charge in [0.1, 0.15) is 0 Å². The Kier molecular flexibility index (Phi) is 4.00. The fourth-order valence-corrected chi connectivity index (χ4v) is 3.07. The standard InChI is InChI=1S/C12H25N3/c1-2-15-8-4-6-12(15)10-14-7-3-5-11(13)9-14/h11-12H,2-10,13H2,1H3. The molecular formula is C12H25N3. The second kappa shape index (κ2) is 5.28. The van der Waals surface area contributed by atoms with Crippen molar-refractivity contribution in [2.75, 3.05) is 32.7 Å². The van der Waals surface area contributed by atoms with E-state index in [4.69, 9.17) is 5.73 Å². The van der Waals surface area contributed by atoms with Crippen LogP contribution >= 0.6 is 0 Å².